The number of aryl methyl sites for hydroxylation is 3. The molecule has 0 aromatic carbocycles. The maximum Gasteiger partial charge on any atom is 0.277 e. The smallest absolute Gasteiger partial charge is 0.277 e. The number of piperidine rings is 1. The fraction of sp³-hybridized carbons (Fsp3) is 0.370. The summed E-state index contributed by atoms with van der Waals surface area (Å²) in [6.07, 6.45) is 7.04. The summed E-state index contributed by atoms with van der Waals surface area (Å²) >= 11 is 8.82. The van der Waals surface area contributed by atoms with Gasteiger partial charge in [0.15, 0.2) is 5.69 Å². The Morgan fingerprint density at radius 2 is 1.48 bits per heavy atom. The van der Waals surface area contributed by atoms with Crippen LogP contribution in [0.1, 0.15) is 56.4 Å². The molecular weight excluding hydrogens is 598 g/mol. The van der Waals surface area contributed by atoms with E-state index in [4.69, 9.17) is 11.6 Å². The Kier molecular flexibility index (Phi) is 9.26. The van der Waals surface area contributed by atoms with Crippen LogP contribution in [-0.4, -0.2) is 66.7 Å². The van der Waals surface area contributed by atoms with Gasteiger partial charge in [0.2, 0.25) is 0 Å². The fourth-order valence-electron chi connectivity index (χ4n) is 4.74. The summed E-state index contributed by atoms with van der Waals surface area (Å²) in [6.45, 7) is 5.71. The number of anilines is 4. The zero-order chi connectivity index (χ0) is 29.8. The Hall–Kier alpha value is -3.72. The summed E-state index contributed by atoms with van der Waals surface area (Å²) in [5, 5.41) is 13.3. The van der Waals surface area contributed by atoms with Gasteiger partial charge in [-0.15, -0.1) is 0 Å². The van der Waals surface area contributed by atoms with Crippen LogP contribution in [0.5, 0.6) is 0 Å². The van der Waals surface area contributed by atoms with Crippen LogP contribution in [0.4, 0.5) is 21.4 Å². The number of hydrogen-bond donors (Lipinski definition) is 4. The normalized spacial score (nSPS) is 13.6. The quantitative estimate of drug-likeness (QED) is 0.196. The molecule has 1 fully saturated rings. The van der Waals surface area contributed by atoms with Crippen LogP contribution in [0, 0.1) is 6.92 Å². The Bertz CT molecular complexity index is 1600. The SMILES string of the molecule is Cc1cc(NC(=O)c2cc(NC(=O)c3cc(NC(=O)c4nsc(NCCN5CCCCC5)c4Cl)cn3C)cn2C)sn1. The van der Waals surface area contributed by atoms with Crippen molar-refractivity contribution in [2.75, 3.05) is 47.4 Å². The molecule has 1 saturated heterocycles. The number of hydrogen-bond acceptors (Lipinski definition) is 9. The van der Waals surface area contributed by atoms with Crippen molar-refractivity contribution in [1.82, 2.24) is 22.8 Å². The van der Waals surface area contributed by atoms with E-state index in [-0.39, 0.29) is 16.6 Å². The number of carbonyl (C=O) groups excluding carboxylic acids is 3. The molecule has 0 radical (unpaired) electrons. The summed E-state index contributed by atoms with van der Waals surface area (Å²) in [4.78, 5) is 41.1. The van der Waals surface area contributed by atoms with Crippen LogP contribution >= 0.6 is 34.7 Å². The lowest BCUT2D eigenvalue weighted by Crippen LogP contribution is -2.33. The zero-order valence-electron chi connectivity index (χ0n) is 23.5. The number of carbonyl (C=O) groups is 3. The first-order chi connectivity index (χ1) is 20.2. The first-order valence-electron chi connectivity index (χ1n) is 13.5. The molecule has 12 nitrogen and oxygen atoms in total. The number of amides is 3. The van der Waals surface area contributed by atoms with Gasteiger partial charge in [0.1, 0.15) is 26.4 Å². The van der Waals surface area contributed by atoms with E-state index in [0.717, 1.165) is 43.4 Å². The second-order valence-corrected chi connectivity index (χ2v) is 12.1. The van der Waals surface area contributed by atoms with Crippen LogP contribution in [-0.2, 0) is 14.1 Å². The summed E-state index contributed by atoms with van der Waals surface area (Å²) in [6, 6.07) is 4.94. The molecule has 4 aromatic heterocycles. The Labute approximate surface area is 256 Å². The fourth-order valence-corrected chi connectivity index (χ4v) is 6.45. The predicted molar refractivity (Wildman–Crippen MR) is 167 cm³/mol. The van der Waals surface area contributed by atoms with Gasteiger partial charge in [-0.2, -0.15) is 8.75 Å². The molecule has 0 unspecified atom stereocenters. The number of nitrogens with one attached hydrogen (secondary N) is 4. The highest BCUT2D eigenvalue weighted by atomic mass is 35.5. The highest BCUT2D eigenvalue weighted by Gasteiger charge is 2.21. The van der Waals surface area contributed by atoms with Gasteiger partial charge in [-0.3, -0.25) is 14.4 Å². The van der Waals surface area contributed by atoms with Crippen molar-refractivity contribution in [2.24, 2.45) is 14.1 Å². The highest BCUT2D eigenvalue weighted by Crippen LogP contribution is 2.31. The van der Waals surface area contributed by atoms with Gasteiger partial charge in [-0.1, -0.05) is 18.0 Å². The minimum Gasteiger partial charge on any atom is -0.373 e. The van der Waals surface area contributed by atoms with Crippen molar-refractivity contribution in [1.29, 1.82) is 0 Å². The van der Waals surface area contributed by atoms with Crippen LogP contribution in [0.2, 0.25) is 5.02 Å². The lowest BCUT2D eigenvalue weighted by molar-refractivity contribution is 0.101. The van der Waals surface area contributed by atoms with Crippen molar-refractivity contribution >= 4 is 73.8 Å². The molecule has 3 amide bonds. The molecule has 15 heteroatoms. The van der Waals surface area contributed by atoms with Gasteiger partial charge in [0.25, 0.3) is 17.7 Å². The molecule has 1 aliphatic rings. The summed E-state index contributed by atoms with van der Waals surface area (Å²) < 4.78 is 11.6. The zero-order valence-corrected chi connectivity index (χ0v) is 25.9. The molecule has 0 atom stereocenters. The number of rotatable bonds is 10. The number of aromatic nitrogens is 4. The molecular formula is C27H32ClN9O3S2. The molecule has 222 valence electrons. The molecule has 0 aliphatic carbocycles. The van der Waals surface area contributed by atoms with Crippen molar-refractivity contribution < 1.29 is 14.4 Å². The second-order valence-electron chi connectivity index (χ2n) is 10.1. The topological polar surface area (TPSA) is 138 Å². The molecule has 0 saturated carbocycles. The van der Waals surface area contributed by atoms with Crippen molar-refractivity contribution in [3.63, 3.8) is 0 Å². The maximum absolute atomic E-state index is 13.1. The minimum absolute atomic E-state index is 0.126. The molecule has 5 heterocycles. The van der Waals surface area contributed by atoms with E-state index in [1.54, 1.807) is 53.8 Å². The monoisotopic (exact) mass is 629 g/mol. The first-order valence-corrected chi connectivity index (χ1v) is 15.4. The third kappa shape index (κ3) is 7.01. The van der Waals surface area contributed by atoms with Gasteiger partial charge in [0, 0.05) is 39.6 Å². The van der Waals surface area contributed by atoms with Gasteiger partial charge in [-0.05, 0) is 74.1 Å². The van der Waals surface area contributed by atoms with Crippen LogP contribution in [0.3, 0.4) is 0 Å². The van der Waals surface area contributed by atoms with E-state index >= 15 is 0 Å². The molecule has 1 aliphatic heterocycles. The van der Waals surface area contributed by atoms with E-state index in [9.17, 15) is 14.4 Å². The van der Waals surface area contributed by atoms with Crippen molar-refractivity contribution in [3.8, 4) is 0 Å². The number of likely N-dealkylation sites (tertiary alicyclic amines) is 1. The van der Waals surface area contributed by atoms with Crippen molar-refractivity contribution in [3.05, 3.63) is 58.4 Å². The number of halogens is 1. The number of nitrogens with zero attached hydrogens (tertiary/aromatic N) is 5. The van der Waals surface area contributed by atoms with E-state index < -0.39 is 11.8 Å². The van der Waals surface area contributed by atoms with Crippen LogP contribution < -0.4 is 21.3 Å². The van der Waals surface area contributed by atoms with E-state index in [2.05, 4.69) is 34.9 Å². The lowest BCUT2D eigenvalue weighted by Gasteiger charge is -2.26. The Balaban J connectivity index is 1.17. The van der Waals surface area contributed by atoms with E-state index in [1.165, 1.54) is 30.8 Å². The summed E-state index contributed by atoms with van der Waals surface area (Å²) in [7, 11) is 3.42. The largest absolute Gasteiger partial charge is 0.373 e. The maximum atomic E-state index is 13.1. The lowest BCUT2D eigenvalue weighted by atomic mass is 10.1. The van der Waals surface area contributed by atoms with E-state index in [1.807, 2.05) is 6.92 Å². The second kappa shape index (κ2) is 13.1. The highest BCUT2D eigenvalue weighted by molar-refractivity contribution is 7.11. The average Bonchev–Trinajstić information content (AvgIpc) is 3.72. The minimum atomic E-state index is -0.465. The Morgan fingerprint density at radius 1 is 0.857 bits per heavy atom. The van der Waals surface area contributed by atoms with E-state index in [0.29, 0.717) is 32.8 Å². The molecule has 0 spiro atoms. The molecule has 5 rings (SSSR count). The molecule has 42 heavy (non-hydrogen) atoms. The summed E-state index contributed by atoms with van der Waals surface area (Å²) in [5.74, 6) is -1.18. The van der Waals surface area contributed by atoms with Crippen LogP contribution in [0.25, 0.3) is 0 Å². The van der Waals surface area contributed by atoms with Crippen LogP contribution in [0.15, 0.2) is 30.6 Å². The molecule has 4 N–H and O–H groups in total. The summed E-state index contributed by atoms with van der Waals surface area (Å²) in [5.41, 5.74) is 2.50. The van der Waals surface area contributed by atoms with Gasteiger partial charge < -0.3 is 35.3 Å². The average molecular weight is 630 g/mol. The Morgan fingerprint density at radius 3 is 2.10 bits per heavy atom. The van der Waals surface area contributed by atoms with Gasteiger partial charge in [0.05, 0.1) is 17.1 Å². The predicted octanol–water partition coefficient (Wildman–Crippen LogP) is 4.89. The first kappa shape index (κ1) is 29.8. The third-order valence-corrected chi connectivity index (χ3v) is 8.95. The third-order valence-electron chi connectivity index (χ3n) is 6.87. The van der Waals surface area contributed by atoms with Crippen molar-refractivity contribution in [2.45, 2.75) is 26.2 Å². The molecule has 4 aromatic rings. The van der Waals surface area contributed by atoms with Gasteiger partial charge >= 0.3 is 0 Å². The molecule has 0 bridgehead atoms. The standard InChI is InChI=1S/C27H32ClN9O3S2/c1-16-11-21(41-33-16)32-25(39)20-12-17(14-36(20)3)30-24(38)19-13-18(15-35(19)2)31-26(40)23-22(28)27(42-34-23)29-7-10-37-8-5-4-6-9-37/h11-15,29H,4-10H2,1-3H3,(H,30,38)(H,31,40)(H,32,39). The van der Waals surface area contributed by atoms with Gasteiger partial charge in [-0.25, -0.2) is 0 Å².